The van der Waals surface area contributed by atoms with Crippen LogP contribution in [0.1, 0.15) is 25.1 Å². The average molecular weight is 230 g/mol. The SMILES string of the molecule is CCOC(C)Oc1ccnc(CCl)c1C. The molecule has 3 nitrogen and oxygen atoms in total. The summed E-state index contributed by atoms with van der Waals surface area (Å²) in [4.78, 5) is 4.16. The first-order valence-corrected chi connectivity index (χ1v) is 5.51. The molecule has 0 fully saturated rings. The van der Waals surface area contributed by atoms with Crippen LogP contribution in [0.4, 0.5) is 0 Å². The molecule has 1 aromatic rings. The maximum atomic E-state index is 5.75. The largest absolute Gasteiger partial charge is 0.465 e. The van der Waals surface area contributed by atoms with Crippen molar-refractivity contribution in [3.05, 3.63) is 23.5 Å². The van der Waals surface area contributed by atoms with E-state index in [0.717, 1.165) is 17.0 Å². The lowest BCUT2D eigenvalue weighted by Crippen LogP contribution is -2.16. The molecule has 84 valence electrons. The van der Waals surface area contributed by atoms with Crippen LogP contribution >= 0.6 is 11.6 Å². The predicted molar refractivity (Wildman–Crippen MR) is 60.2 cm³/mol. The van der Waals surface area contributed by atoms with Gasteiger partial charge in [-0.2, -0.15) is 0 Å². The summed E-state index contributed by atoms with van der Waals surface area (Å²) in [6, 6.07) is 1.82. The van der Waals surface area contributed by atoms with Crippen molar-refractivity contribution >= 4 is 11.6 Å². The van der Waals surface area contributed by atoms with Crippen molar-refractivity contribution in [1.29, 1.82) is 0 Å². The van der Waals surface area contributed by atoms with Gasteiger partial charge in [-0.1, -0.05) is 0 Å². The summed E-state index contributed by atoms with van der Waals surface area (Å²) < 4.78 is 10.9. The molecular weight excluding hydrogens is 214 g/mol. The molecule has 0 aliphatic heterocycles. The van der Waals surface area contributed by atoms with Crippen molar-refractivity contribution < 1.29 is 9.47 Å². The molecule has 0 bridgehead atoms. The third kappa shape index (κ3) is 3.36. The zero-order valence-electron chi connectivity index (χ0n) is 9.29. The molecule has 0 aromatic carbocycles. The number of hydrogen-bond donors (Lipinski definition) is 0. The van der Waals surface area contributed by atoms with Crippen LogP contribution in [-0.2, 0) is 10.6 Å². The number of rotatable bonds is 5. The molecule has 0 amide bonds. The molecule has 0 saturated carbocycles. The van der Waals surface area contributed by atoms with Crippen molar-refractivity contribution in [2.75, 3.05) is 6.61 Å². The Labute approximate surface area is 95.4 Å². The Kier molecular flexibility index (Phi) is 4.85. The highest BCUT2D eigenvalue weighted by molar-refractivity contribution is 6.17. The fourth-order valence-electron chi connectivity index (χ4n) is 1.27. The van der Waals surface area contributed by atoms with E-state index in [4.69, 9.17) is 21.1 Å². The zero-order valence-corrected chi connectivity index (χ0v) is 10.0. The smallest absolute Gasteiger partial charge is 0.196 e. The van der Waals surface area contributed by atoms with E-state index in [2.05, 4.69) is 4.98 Å². The minimum Gasteiger partial charge on any atom is -0.465 e. The number of alkyl halides is 1. The molecule has 0 N–H and O–H groups in total. The molecule has 0 spiro atoms. The standard InChI is InChI=1S/C11H16ClNO2/c1-4-14-9(3)15-11-5-6-13-10(7-12)8(11)2/h5-6,9H,4,7H2,1-3H3. The molecule has 0 aliphatic rings. The van der Waals surface area contributed by atoms with Crippen molar-refractivity contribution in [1.82, 2.24) is 4.98 Å². The fraction of sp³-hybridized carbons (Fsp3) is 0.545. The van der Waals surface area contributed by atoms with Gasteiger partial charge in [-0.15, -0.1) is 11.6 Å². The molecule has 1 rings (SSSR count). The van der Waals surface area contributed by atoms with E-state index < -0.39 is 0 Å². The van der Waals surface area contributed by atoms with Crippen LogP contribution in [0.2, 0.25) is 0 Å². The Morgan fingerprint density at radius 2 is 2.27 bits per heavy atom. The van der Waals surface area contributed by atoms with E-state index >= 15 is 0 Å². The number of aromatic nitrogens is 1. The second-order valence-electron chi connectivity index (χ2n) is 3.16. The van der Waals surface area contributed by atoms with Gasteiger partial charge in [0.1, 0.15) is 5.75 Å². The van der Waals surface area contributed by atoms with E-state index in [9.17, 15) is 0 Å². The molecule has 15 heavy (non-hydrogen) atoms. The maximum absolute atomic E-state index is 5.75. The Hall–Kier alpha value is -0.800. The summed E-state index contributed by atoms with van der Waals surface area (Å²) in [6.45, 7) is 6.37. The highest BCUT2D eigenvalue weighted by Crippen LogP contribution is 2.21. The van der Waals surface area contributed by atoms with Crippen LogP contribution in [0.5, 0.6) is 5.75 Å². The van der Waals surface area contributed by atoms with Crippen molar-refractivity contribution in [3.63, 3.8) is 0 Å². The first-order chi connectivity index (χ1) is 7.19. The molecule has 1 unspecified atom stereocenters. The third-order valence-corrected chi connectivity index (χ3v) is 2.33. The van der Waals surface area contributed by atoms with E-state index in [0.29, 0.717) is 12.5 Å². The predicted octanol–water partition coefficient (Wildman–Crippen LogP) is 2.89. The van der Waals surface area contributed by atoms with Crippen molar-refractivity contribution in [2.24, 2.45) is 0 Å². The van der Waals surface area contributed by atoms with Crippen LogP contribution in [0, 0.1) is 6.92 Å². The second-order valence-corrected chi connectivity index (χ2v) is 3.42. The molecule has 0 radical (unpaired) electrons. The highest BCUT2D eigenvalue weighted by Gasteiger charge is 2.08. The maximum Gasteiger partial charge on any atom is 0.196 e. The van der Waals surface area contributed by atoms with Gasteiger partial charge in [0.25, 0.3) is 0 Å². The first-order valence-electron chi connectivity index (χ1n) is 4.97. The van der Waals surface area contributed by atoms with E-state index in [1.807, 2.05) is 26.8 Å². The summed E-state index contributed by atoms with van der Waals surface area (Å²) >= 11 is 5.75. The van der Waals surface area contributed by atoms with Gasteiger partial charge in [-0.05, 0) is 26.8 Å². The topological polar surface area (TPSA) is 31.4 Å². The molecule has 1 heterocycles. The molecule has 1 aromatic heterocycles. The Balaban J connectivity index is 2.76. The average Bonchev–Trinajstić information content (AvgIpc) is 2.21. The molecule has 0 saturated heterocycles. The lowest BCUT2D eigenvalue weighted by Gasteiger charge is -2.16. The zero-order chi connectivity index (χ0) is 11.3. The Morgan fingerprint density at radius 1 is 1.53 bits per heavy atom. The van der Waals surface area contributed by atoms with Gasteiger partial charge in [0.2, 0.25) is 0 Å². The van der Waals surface area contributed by atoms with Gasteiger partial charge in [-0.25, -0.2) is 0 Å². The van der Waals surface area contributed by atoms with Crippen LogP contribution in [-0.4, -0.2) is 17.9 Å². The van der Waals surface area contributed by atoms with Gasteiger partial charge in [0, 0.05) is 18.4 Å². The lowest BCUT2D eigenvalue weighted by atomic mass is 10.2. The number of ether oxygens (including phenoxy) is 2. The van der Waals surface area contributed by atoms with Gasteiger partial charge in [-0.3, -0.25) is 4.98 Å². The summed E-state index contributed by atoms with van der Waals surface area (Å²) in [7, 11) is 0. The number of halogens is 1. The molecular formula is C11H16ClNO2. The van der Waals surface area contributed by atoms with E-state index in [-0.39, 0.29) is 6.29 Å². The normalized spacial score (nSPS) is 12.5. The van der Waals surface area contributed by atoms with Crippen molar-refractivity contribution in [3.8, 4) is 5.75 Å². The summed E-state index contributed by atoms with van der Waals surface area (Å²) in [5, 5.41) is 0. The molecule has 1 atom stereocenters. The first kappa shape index (κ1) is 12.3. The second kappa shape index (κ2) is 5.93. The number of pyridine rings is 1. The van der Waals surface area contributed by atoms with Crippen LogP contribution < -0.4 is 4.74 Å². The third-order valence-electron chi connectivity index (χ3n) is 2.08. The summed E-state index contributed by atoms with van der Waals surface area (Å²) in [6.07, 6.45) is 1.44. The van der Waals surface area contributed by atoms with E-state index in [1.165, 1.54) is 0 Å². The quantitative estimate of drug-likeness (QED) is 0.575. The molecule has 4 heteroatoms. The summed E-state index contributed by atoms with van der Waals surface area (Å²) in [5.41, 5.74) is 1.82. The fourth-order valence-corrected chi connectivity index (χ4v) is 1.54. The van der Waals surface area contributed by atoms with Crippen molar-refractivity contribution in [2.45, 2.75) is 32.9 Å². The minimum absolute atomic E-state index is 0.251. The van der Waals surface area contributed by atoms with Gasteiger partial charge < -0.3 is 9.47 Å². The highest BCUT2D eigenvalue weighted by atomic mass is 35.5. The van der Waals surface area contributed by atoms with Gasteiger partial charge >= 0.3 is 0 Å². The lowest BCUT2D eigenvalue weighted by molar-refractivity contribution is -0.0617. The minimum atomic E-state index is -0.251. The van der Waals surface area contributed by atoms with E-state index in [1.54, 1.807) is 6.20 Å². The van der Waals surface area contributed by atoms with Gasteiger partial charge in [0.15, 0.2) is 6.29 Å². The van der Waals surface area contributed by atoms with Crippen LogP contribution in [0.15, 0.2) is 12.3 Å². The van der Waals surface area contributed by atoms with Crippen LogP contribution in [0.3, 0.4) is 0 Å². The molecule has 0 aliphatic carbocycles. The number of hydrogen-bond acceptors (Lipinski definition) is 3. The number of nitrogens with zero attached hydrogens (tertiary/aromatic N) is 1. The summed E-state index contributed by atoms with van der Waals surface area (Å²) in [5.74, 6) is 1.17. The Morgan fingerprint density at radius 3 is 2.87 bits per heavy atom. The van der Waals surface area contributed by atoms with Crippen LogP contribution in [0.25, 0.3) is 0 Å². The monoisotopic (exact) mass is 229 g/mol. The van der Waals surface area contributed by atoms with Gasteiger partial charge in [0.05, 0.1) is 11.6 Å². The Bertz CT molecular complexity index is 317.